The van der Waals surface area contributed by atoms with Gasteiger partial charge in [-0.3, -0.25) is 14.5 Å². The number of ether oxygens (including phenoxy) is 1. The van der Waals surface area contributed by atoms with Crippen molar-refractivity contribution < 1.29 is 14.3 Å². The predicted octanol–water partition coefficient (Wildman–Crippen LogP) is 2.65. The highest BCUT2D eigenvalue weighted by Gasteiger charge is 2.24. The van der Waals surface area contributed by atoms with Crippen LogP contribution in [0.1, 0.15) is 32.4 Å². The van der Waals surface area contributed by atoms with E-state index in [1.54, 1.807) is 0 Å². The van der Waals surface area contributed by atoms with Gasteiger partial charge in [-0.15, -0.1) is 11.3 Å². The molecule has 0 spiro atoms. The maximum absolute atomic E-state index is 12.8. The van der Waals surface area contributed by atoms with E-state index in [1.807, 2.05) is 49.1 Å². The molecule has 7 heteroatoms. The van der Waals surface area contributed by atoms with E-state index in [-0.39, 0.29) is 18.4 Å². The van der Waals surface area contributed by atoms with Crippen molar-refractivity contribution in [3.8, 4) is 0 Å². The topological polar surface area (TPSA) is 62.7 Å². The number of rotatable bonds is 5. The standard InChI is InChI=1S/C20H25N3O3S/c1-15-19(27-16(2)21-15)20(25)23-10-6-9-22(11-12-23)13-18(24)26-14-17-7-4-3-5-8-17/h3-5,7-8H,6,9-14H2,1-2H3. The quantitative estimate of drug-likeness (QED) is 0.738. The Balaban J connectivity index is 1.48. The zero-order valence-corrected chi connectivity index (χ0v) is 16.6. The lowest BCUT2D eigenvalue weighted by Gasteiger charge is -2.21. The Hall–Kier alpha value is -2.25. The fourth-order valence-corrected chi connectivity index (χ4v) is 4.06. The van der Waals surface area contributed by atoms with Gasteiger partial charge in [0.15, 0.2) is 0 Å². The molecule has 1 aliphatic heterocycles. The van der Waals surface area contributed by atoms with Crippen LogP contribution >= 0.6 is 11.3 Å². The van der Waals surface area contributed by atoms with Crippen molar-refractivity contribution in [2.75, 3.05) is 32.7 Å². The highest BCUT2D eigenvalue weighted by atomic mass is 32.1. The van der Waals surface area contributed by atoms with Crippen LogP contribution in [0.2, 0.25) is 0 Å². The molecule has 3 rings (SSSR count). The smallest absolute Gasteiger partial charge is 0.320 e. The maximum Gasteiger partial charge on any atom is 0.320 e. The molecule has 2 aromatic rings. The maximum atomic E-state index is 12.8. The van der Waals surface area contributed by atoms with E-state index in [4.69, 9.17) is 4.74 Å². The molecule has 0 bridgehead atoms. The summed E-state index contributed by atoms with van der Waals surface area (Å²) in [5, 5.41) is 0.911. The normalized spacial score (nSPS) is 15.4. The molecule has 0 N–H and O–H groups in total. The van der Waals surface area contributed by atoms with Crippen LogP contribution in [0.4, 0.5) is 0 Å². The molecule has 144 valence electrons. The first-order valence-electron chi connectivity index (χ1n) is 9.18. The molecule has 1 saturated heterocycles. The molecule has 2 heterocycles. The molecule has 6 nitrogen and oxygen atoms in total. The monoisotopic (exact) mass is 387 g/mol. The second kappa shape index (κ2) is 9.10. The molecule has 0 aliphatic carbocycles. The minimum Gasteiger partial charge on any atom is -0.460 e. The van der Waals surface area contributed by atoms with E-state index in [0.29, 0.717) is 26.2 Å². The summed E-state index contributed by atoms with van der Waals surface area (Å²) < 4.78 is 5.37. The Morgan fingerprint density at radius 3 is 2.59 bits per heavy atom. The Bertz CT molecular complexity index is 791. The summed E-state index contributed by atoms with van der Waals surface area (Å²) in [6.07, 6.45) is 0.842. The van der Waals surface area contributed by atoms with Crippen LogP contribution in [0.5, 0.6) is 0 Å². The van der Waals surface area contributed by atoms with Crippen LogP contribution in [-0.4, -0.2) is 59.4 Å². The van der Waals surface area contributed by atoms with Gasteiger partial charge in [0, 0.05) is 26.2 Å². The molecule has 0 radical (unpaired) electrons. The number of hydrogen-bond acceptors (Lipinski definition) is 6. The molecule has 27 heavy (non-hydrogen) atoms. The number of hydrogen-bond donors (Lipinski definition) is 0. The van der Waals surface area contributed by atoms with Crippen LogP contribution in [-0.2, 0) is 16.1 Å². The predicted molar refractivity (Wildman–Crippen MR) is 105 cm³/mol. The molecule has 1 aromatic carbocycles. The molecule has 1 amide bonds. The highest BCUT2D eigenvalue weighted by Crippen LogP contribution is 2.20. The van der Waals surface area contributed by atoms with Crippen molar-refractivity contribution in [1.82, 2.24) is 14.8 Å². The first kappa shape index (κ1) is 19.5. The van der Waals surface area contributed by atoms with Gasteiger partial charge in [0.25, 0.3) is 5.91 Å². The van der Waals surface area contributed by atoms with Gasteiger partial charge in [-0.1, -0.05) is 30.3 Å². The Kier molecular flexibility index (Phi) is 6.58. The van der Waals surface area contributed by atoms with E-state index < -0.39 is 0 Å². The van der Waals surface area contributed by atoms with Crippen molar-refractivity contribution in [3.05, 3.63) is 51.5 Å². The van der Waals surface area contributed by atoms with Gasteiger partial charge in [0.1, 0.15) is 11.5 Å². The number of thiazole rings is 1. The third kappa shape index (κ3) is 5.37. The van der Waals surface area contributed by atoms with Crippen molar-refractivity contribution in [3.63, 3.8) is 0 Å². The van der Waals surface area contributed by atoms with Gasteiger partial charge in [-0.2, -0.15) is 0 Å². The van der Waals surface area contributed by atoms with Crippen LogP contribution in [0.15, 0.2) is 30.3 Å². The van der Waals surface area contributed by atoms with E-state index in [0.717, 1.165) is 34.1 Å². The van der Waals surface area contributed by atoms with Crippen LogP contribution in [0.25, 0.3) is 0 Å². The summed E-state index contributed by atoms with van der Waals surface area (Å²) >= 11 is 1.45. The average molecular weight is 388 g/mol. The summed E-state index contributed by atoms with van der Waals surface area (Å²) in [7, 11) is 0. The Morgan fingerprint density at radius 1 is 1.11 bits per heavy atom. The summed E-state index contributed by atoms with van der Waals surface area (Å²) in [4.78, 5) is 33.9. The third-order valence-corrected chi connectivity index (χ3v) is 5.63. The lowest BCUT2D eigenvalue weighted by molar-refractivity contribution is -0.146. The third-order valence-electron chi connectivity index (χ3n) is 4.57. The van der Waals surface area contributed by atoms with E-state index in [9.17, 15) is 9.59 Å². The van der Waals surface area contributed by atoms with Gasteiger partial charge in [0.05, 0.1) is 17.2 Å². The number of aromatic nitrogens is 1. The zero-order valence-electron chi connectivity index (χ0n) is 15.8. The minimum atomic E-state index is -0.229. The second-order valence-electron chi connectivity index (χ2n) is 6.72. The van der Waals surface area contributed by atoms with Crippen molar-refractivity contribution in [2.45, 2.75) is 26.9 Å². The lowest BCUT2D eigenvalue weighted by atomic mass is 10.2. The number of carbonyl (C=O) groups is 2. The van der Waals surface area contributed by atoms with Gasteiger partial charge in [0.2, 0.25) is 0 Å². The first-order valence-corrected chi connectivity index (χ1v) is 10.00. The van der Waals surface area contributed by atoms with E-state index in [1.165, 1.54) is 11.3 Å². The lowest BCUT2D eigenvalue weighted by Crippen LogP contribution is -2.37. The second-order valence-corrected chi connectivity index (χ2v) is 7.92. The molecule has 0 atom stereocenters. The minimum absolute atomic E-state index is 0.0478. The molecule has 0 unspecified atom stereocenters. The highest BCUT2D eigenvalue weighted by molar-refractivity contribution is 7.13. The fourth-order valence-electron chi connectivity index (χ4n) is 3.17. The Morgan fingerprint density at radius 2 is 1.89 bits per heavy atom. The number of benzene rings is 1. The number of esters is 1. The van der Waals surface area contributed by atoms with Gasteiger partial charge >= 0.3 is 5.97 Å². The molecule has 1 aliphatic rings. The SMILES string of the molecule is Cc1nc(C)c(C(=O)N2CCCN(CC(=O)OCc3ccccc3)CC2)s1. The molecular weight excluding hydrogens is 362 g/mol. The number of nitrogens with zero attached hydrogens (tertiary/aromatic N) is 3. The molecule has 1 aromatic heterocycles. The zero-order chi connectivity index (χ0) is 19.2. The van der Waals surface area contributed by atoms with E-state index >= 15 is 0 Å². The molecule has 0 saturated carbocycles. The van der Waals surface area contributed by atoms with Crippen LogP contribution < -0.4 is 0 Å². The molecular formula is C20H25N3O3S. The number of carbonyl (C=O) groups excluding carboxylic acids is 2. The molecule has 1 fully saturated rings. The van der Waals surface area contributed by atoms with Crippen molar-refractivity contribution in [1.29, 1.82) is 0 Å². The largest absolute Gasteiger partial charge is 0.460 e. The van der Waals surface area contributed by atoms with Crippen LogP contribution in [0.3, 0.4) is 0 Å². The number of aryl methyl sites for hydroxylation is 2. The van der Waals surface area contributed by atoms with E-state index in [2.05, 4.69) is 9.88 Å². The van der Waals surface area contributed by atoms with Crippen LogP contribution in [0, 0.1) is 13.8 Å². The van der Waals surface area contributed by atoms with Gasteiger partial charge in [-0.25, -0.2) is 4.98 Å². The summed E-state index contributed by atoms with van der Waals surface area (Å²) in [6, 6.07) is 9.66. The average Bonchev–Trinajstić information content (AvgIpc) is 2.85. The number of amides is 1. The first-order chi connectivity index (χ1) is 13.0. The van der Waals surface area contributed by atoms with Gasteiger partial charge < -0.3 is 9.64 Å². The van der Waals surface area contributed by atoms with Gasteiger partial charge in [-0.05, 0) is 25.8 Å². The fraction of sp³-hybridized carbons (Fsp3) is 0.450. The van der Waals surface area contributed by atoms with Crippen molar-refractivity contribution >= 4 is 23.2 Å². The summed E-state index contributed by atoms with van der Waals surface area (Å²) in [5.74, 6) is -0.181. The Labute approximate surface area is 163 Å². The summed E-state index contributed by atoms with van der Waals surface area (Å²) in [5.41, 5.74) is 1.78. The van der Waals surface area contributed by atoms with Crippen molar-refractivity contribution in [2.24, 2.45) is 0 Å². The summed E-state index contributed by atoms with van der Waals surface area (Å²) in [6.45, 7) is 7.11.